The Bertz CT molecular complexity index is 776. The smallest absolute Gasteiger partial charge is 0.421 e. The van der Waals surface area contributed by atoms with Gasteiger partial charge in [-0.25, -0.2) is 14.2 Å². The second-order valence-electron chi connectivity index (χ2n) is 5.41. The van der Waals surface area contributed by atoms with Gasteiger partial charge in [-0.1, -0.05) is 12.1 Å². The summed E-state index contributed by atoms with van der Waals surface area (Å²) in [6.07, 6.45) is -3.98. The first-order valence-corrected chi connectivity index (χ1v) is 7.34. The van der Waals surface area contributed by atoms with E-state index in [9.17, 15) is 22.4 Å². The summed E-state index contributed by atoms with van der Waals surface area (Å²) in [7, 11) is 0. The molecule has 1 aromatic heterocycles. The number of benzene rings is 1. The van der Waals surface area contributed by atoms with Gasteiger partial charge in [0.15, 0.2) is 0 Å². The second kappa shape index (κ2) is 6.58. The molecule has 132 valence electrons. The predicted molar refractivity (Wildman–Crippen MR) is 80.6 cm³/mol. The lowest BCUT2D eigenvalue weighted by molar-refractivity contribution is -0.140. The van der Waals surface area contributed by atoms with Crippen LogP contribution in [0.15, 0.2) is 42.6 Å². The highest BCUT2D eigenvalue weighted by Crippen LogP contribution is 2.35. The van der Waals surface area contributed by atoms with Crippen molar-refractivity contribution in [3.05, 3.63) is 54.0 Å². The van der Waals surface area contributed by atoms with Crippen molar-refractivity contribution >= 4 is 11.7 Å². The maximum absolute atomic E-state index is 13.5. The van der Waals surface area contributed by atoms with Crippen LogP contribution >= 0.6 is 0 Å². The molecular weight excluding hydrogens is 342 g/mol. The fourth-order valence-electron chi connectivity index (χ4n) is 2.29. The highest BCUT2D eigenvalue weighted by atomic mass is 19.4. The Labute approximate surface area is 140 Å². The average Bonchev–Trinajstić information content (AvgIpc) is 2.52. The minimum Gasteiger partial charge on any atom is -0.470 e. The lowest BCUT2D eigenvalue weighted by atomic mass is 10.2. The number of carbonyl (C=O) groups is 1. The van der Waals surface area contributed by atoms with Crippen molar-refractivity contribution in [2.24, 2.45) is 0 Å². The minimum atomic E-state index is -4.57. The number of aromatic nitrogens is 1. The molecular formula is C16H13F4N3O2. The summed E-state index contributed by atoms with van der Waals surface area (Å²) in [5.41, 5.74) is -0.940. The molecule has 2 heterocycles. The van der Waals surface area contributed by atoms with E-state index in [-0.39, 0.29) is 18.8 Å². The monoisotopic (exact) mass is 355 g/mol. The van der Waals surface area contributed by atoms with Crippen molar-refractivity contribution in [2.45, 2.75) is 12.3 Å². The number of rotatable bonds is 3. The number of likely N-dealkylation sites (tertiary alicyclic amines) is 1. The first-order chi connectivity index (χ1) is 11.8. The standard InChI is InChI=1S/C16H13F4N3O2/c17-12-5-1-2-6-13(12)22-15(24)23-8-10(9-23)25-14-11(16(18,19)20)4-3-7-21-14/h1-7,10H,8-9H2,(H,22,24). The van der Waals surface area contributed by atoms with Gasteiger partial charge in [-0.05, 0) is 24.3 Å². The van der Waals surface area contributed by atoms with Gasteiger partial charge in [0.2, 0.25) is 5.88 Å². The van der Waals surface area contributed by atoms with Crippen LogP contribution in [0.25, 0.3) is 0 Å². The predicted octanol–water partition coefficient (Wildman–Crippen LogP) is 3.53. The highest BCUT2D eigenvalue weighted by molar-refractivity contribution is 5.90. The second-order valence-corrected chi connectivity index (χ2v) is 5.41. The Kier molecular flexibility index (Phi) is 4.47. The van der Waals surface area contributed by atoms with Crippen LogP contribution in [0.3, 0.4) is 0 Å². The van der Waals surface area contributed by atoms with Gasteiger partial charge in [0, 0.05) is 6.20 Å². The first kappa shape index (κ1) is 17.0. The fraction of sp³-hybridized carbons (Fsp3) is 0.250. The van der Waals surface area contributed by atoms with Gasteiger partial charge in [-0.15, -0.1) is 0 Å². The number of hydrogen-bond acceptors (Lipinski definition) is 3. The number of nitrogens with one attached hydrogen (secondary N) is 1. The van der Waals surface area contributed by atoms with E-state index in [1.165, 1.54) is 35.4 Å². The Hall–Kier alpha value is -2.84. The molecule has 0 aliphatic carbocycles. The molecule has 0 spiro atoms. The van der Waals surface area contributed by atoms with Crippen LogP contribution in [0.2, 0.25) is 0 Å². The van der Waals surface area contributed by atoms with Crippen LogP contribution < -0.4 is 10.1 Å². The summed E-state index contributed by atoms with van der Waals surface area (Å²) in [4.78, 5) is 16.9. The number of alkyl halides is 3. The van der Waals surface area contributed by atoms with E-state index in [1.807, 2.05) is 0 Å². The number of hydrogen-bond donors (Lipinski definition) is 1. The summed E-state index contributed by atoms with van der Waals surface area (Å²) in [5, 5.41) is 2.39. The molecule has 1 saturated heterocycles. The Morgan fingerprint density at radius 2 is 1.92 bits per heavy atom. The van der Waals surface area contributed by atoms with Crippen molar-refractivity contribution in [3.8, 4) is 5.88 Å². The van der Waals surface area contributed by atoms with E-state index in [0.717, 1.165) is 6.07 Å². The van der Waals surface area contributed by atoms with Gasteiger partial charge in [0.1, 0.15) is 17.5 Å². The van der Waals surface area contributed by atoms with Gasteiger partial charge in [-0.2, -0.15) is 13.2 Å². The third-order valence-electron chi connectivity index (χ3n) is 3.61. The third kappa shape index (κ3) is 3.81. The molecule has 0 saturated carbocycles. The molecule has 1 aromatic carbocycles. The Morgan fingerprint density at radius 1 is 1.20 bits per heavy atom. The number of nitrogens with zero attached hydrogens (tertiary/aromatic N) is 2. The molecule has 1 fully saturated rings. The molecule has 9 heteroatoms. The zero-order valence-electron chi connectivity index (χ0n) is 12.8. The lowest BCUT2D eigenvalue weighted by Gasteiger charge is -2.38. The third-order valence-corrected chi connectivity index (χ3v) is 3.61. The zero-order chi connectivity index (χ0) is 18.0. The van der Waals surface area contributed by atoms with Crippen LogP contribution in [-0.2, 0) is 6.18 Å². The normalized spacial score (nSPS) is 14.8. The molecule has 3 rings (SSSR count). The quantitative estimate of drug-likeness (QED) is 0.857. The maximum atomic E-state index is 13.5. The van der Waals surface area contributed by atoms with Crippen molar-refractivity contribution in [2.75, 3.05) is 18.4 Å². The topological polar surface area (TPSA) is 54.5 Å². The summed E-state index contributed by atoms with van der Waals surface area (Å²) in [6, 6.07) is 7.17. The van der Waals surface area contributed by atoms with Gasteiger partial charge in [0.25, 0.3) is 0 Å². The molecule has 2 amide bonds. The van der Waals surface area contributed by atoms with Gasteiger partial charge in [-0.3, -0.25) is 0 Å². The number of pyridine rings is 1. The summed E-state index contributed by atoms with van der Waals surface area (Å²) in [5.74, 6) is -1.10. The number of ether oxygens (including phenoxy) is 1. The van der Waals surface area contributed by atoms with E-state index in [2.05, 4.69) is 10.3 Å². The minimum absolute atomic E-state index is 0.0287. The van der Waals surface area contributed by atoms with Crippen molar-refractivity contribution in [1.82, 2.24) is 9.88 Å². The van der Waals surface area contributed by atoms with E-state index in [0.29, 0.717) is 0 Å². The molecule has 0 bridgehead atoms. The van der Waals surface area contributed by atoms with Crippen LogP contribution in [0.1, 0.15) is 5.56 Å². The van der Waals surface area contributed by atoms with E-state index in [4.69, 9.17) is 4.74 Å². The van der Waals surface area contributed by atoms with Crippen molar-refractivity contribution < 1.29 is 27.1 Å². The fourth-order valence-corrected chi connectivity index (χ4v) is 2.29. The van der Waals surface area contributed by atoms with Crippen molar-refractivity contribution in [3.63, 3.8) is 0 Å². The summed E-state index contributed by atoms with van der Waals surface area (Å²) >= 11 is 0. The number of para-hydroxylation sites is 1. The van der Waals surface area contributed by atoms with E-state index < -0.39 is 35.6 Å². The molecule has 25 heavy (non-hydrogen) atoms. The van der Waals surface area contributed by atoms with Crippen LogP contribution in [-0.4, -0.2) is 35.1 Å². The van der Waals surface area contributed by atoms with Gasteiger partial charge in [0.05, 0.1) is 18.8 Å². The summed E-state index contributed by atoms with van der Waals surface area (Å²) in [6.45, 7) is 0.155. The Balaban J connectivity index is 1.57. The summed E-state index contributed by atoms with van der Waals surface area (Å²) < 4.78 is 57.3. The average molecular weight is 355 g/mol. The van der Waals surface area contributed by atoms with Crippen molar-refractivity contribution in [1.29, 1.82) is 0 Å². The van der Waals surface area contributed by atoms with Crippen LogP contribution in [0.5, 0.6) is 5.88 Å². The molecule has 0 unspecified atom stereocenters. The molecule has 5 nitrogen and oxygen atoms in total. The van der Waals surface area contributed by atoms with Gasteiger partial charge >= 0.3 is 12.2 Å². The van der Waals surface area contributed by atoms with Crippen LogP contribution in [0.4, 0.5) is 28.0 Å². The Morgan fingerprint density at radius 3 is 2.60 bits per heavy atom. The SMILES string of the molecule is O=C(Nc1ccccc1F)N1CC(Oc2ncccc2C(F)(F)F)C1. The largest absolute Gasteiger partial charge is 0.470 e. The number of carbonyl (C=O) groups excluding carboxylic acids is 1. The molecule has 1 N–H and O–H groups in total. The maximum Gasteiger partial charge on any atom is 0.421 e. The number of anilines is 1. The number of amides is 2. The molecule has 0 radical (unpaired) electrons. The van der Waals surface area contributed by atoms with E-state index in [1.54, 1.807) is 6.07 Å². The number of urea groups is 1. The molecule has 1 aliphatic heterocycles. The van der Waals surface area contributed by atoms with Gasteiger partial charge < -0.3 is 15.0 Å². The lowest BCUT2D eigenvalue weighted by Crippen LogP contribution is -2.57. The van der Waals surface area contributed by atoms with E-state index >= 15 is 0 Å². The molecule has 0 atom stereocenters. The molecule has 1 aliphatic rings. The first-order valence-electron chi connectivity index (χ1n) is 7.34. The number of halogens is 4. The highest BCUT2D eigenvalue weighted by Gasteiger charge is 2.38. The van der Waals surface area contributed by atoms with Crippen LogP contribution in [0, 0.1) is 5.82 Å². The zero-order valence-corrected chi connectivity index (χ0v) is 12.8. The molecule has 2 aromatic rings.